The lowest BCUT2D eigenvalue weighted by Gasteiger charge is -2.22. The monoisotopic (exact) mass is 410 g/mol. The number of hydrogen-bond acceptors (Lipinski definition) is 5. The lowest BCUT2D eigenvalue weighted by molar-refractivity contribution is 0.232. The van der Waals surface area contributed by atoms with E-state index in [4.69, 9.17) is 0 Å². The number of rotatable bonds is 6. The average molecular weight is 410 g/mol. The number of urea groups is 1. The van der Waals surface area contributed by atoms with Crippen LogP contribution in [0.5, 0.6) is 5.75 Å². The van der Waals surface area contributed by atoms with E-state index in [1.807, 2.05) is 4.72 Å². The molecule has 0 unspecified atom stereocenters. The number of phenols is 1. The van der Waals surface area contributed by atoms with E-state index >= 15 is 0 Å². The summed E-state index contributed by atoms with van der Waals surface area (Å²) in [6, 6.07) is 4.78. The van der Waals surface area contributed by atoms with Crippen LogP contribution in [0.3, 0.4) is 0 Å². The van der Waals surface area contributed by atoms with Gasteiger partial charge in [0.25, 0.3) is 0 Å². The highest BCUT2D eigenvalue weighted by Crippen LogP contribution is 2.32. The van der Waals surface area contributed by atoms with Crippen molar-refractivity contribution >= 4 is 21.9 Å². The van der Waals surface area contributed by atoms with Crippen LogP contribution in [0.2, 0.25) is 0 Å². The zero-order valence-electron chi connectivity index (χ0n) is 15.5. The van der Waals surface area contributed by atoms with Gasteiger partial charge >= 0.3 is 16.2 Å². The number of hydrogen-bond donors (Lipinski definition) is 5. The Morgan fingerprint density at radius 3 is 2.61 bits per heavy atom. The van der Waals surface area contributed by atoms with Gasteiger partial charge in [0.05, 0.1) is 6.20 Å². The molecule has 1 aromatic carbocycles. The highest BCUT2D eigenvalue weighted by Gasteiger charge is 2.30. The largest absolute Gasteiger partial charge is 0.506 e. The number of aliphatic hydroxyl groups is 1. The number of carbonyl (C=O) groups excluding carboxylic acids is 1. The smallest absolute Gasteiger partial charge is 0.330 e. The number of amides is 2. The second kappa shape index (κ2) is 8.59. The Labute approximate surface area is 164 Å². The summed E-state index contributed by atoms with van der Waals surface area (Å²) in [7, 11) is -3.94. The zero-order chi connectivity index (χ0) is 20.1. The van der Waals surface area contributed by atoms with Gasteiger partial charge in [0.1, 0.15) is 11.4 Å². The molecule has 0 atom stereocenters. The summed E-state index contributed by atoms with van der Waals surface area (Å²) in [6.07, 6.45) is 7.92. The number of aryl methyl sites for hydroxylation is 1. The Kier molecular flexibility index (Phi) is 6.18. The van der Waals surface area contributed by atoms with E-state index in [1.54, 1.807) is 6.07 Å². The fourth-order valence-electron chi connectivity index (χ4n) is 3.48. The molecule has 1 aliphatic carbocycles. The molecule has 1 aromatic rings. The standard InChI is InChI=1S/C18H26N4O5S/c23-16-11-13(8-9-15(16)22-12-17(24)21-28(22,26)27)5-4-10-19-18(25)20-14-6-2-1-3-7-14/h8-9,11-12,14,21,23-24H,1-7,10H2,(H2,19,20,25). The molecular formula is C18H26N4O5S. The second-order valence-electron chi connectivity index (χ2n) is 7.08. The number of carbonyl (C=O) groups is 1. The van der Waals surface area contributed by atoms with E-state index in [0.29, 0.717) is 19.4 Å². The Morgan fingerprint density at radius 1 is 1.21 bits per heavy atom. The topological polar surface area (TPSA) is 131 Å². The molecule has 0 radical (unpaired) electrons. The van der Waals surface area contributed by atoms with E-state index in [2.05, 4.69) is 10.6 Å². The number of phenolic OH excluding ortho intramolecular Hbond substituents is 1. The molecule has 1 saturated carbocycles. The molecule has 0 spiro atoms. The minimum Gasteiger partial charge on any atom is -0.506 e. The molecule has 3 rings (SSSR count). The Morgan fingerprint density at radius 2 is 1.96 bits per heavy atom. The molecule has 2 aliphatic rings. The van der Waals surface area contributed by atoms with E-state index in [1.165, 1.54) is 18.6 Å². The molecular weight excluding hydrogens is 384 g/mol. The van der Waals surface area contributed by atoms with Crippen molar-refractivity contribution in [3.8, 4) is 5.75 Å². The fraction of sp³-hybridized carbons (Fsp3) is 0.500. The lowest BCUT2D eigenvalue weighted by Crippen LogP contribution is -2.43. The summed E-state index contributed by atoms with van der Waals surface area (Å²) in [5.74, 6) is -0.724. The fourth-order valence-corrected chi connectivity index (χ4v) is 4.54. The van der Waals surface area contributed by atoms with Crippen molar-refractivity contribution in [2.24, 2.45) is 0 Å². The normalized spacial score (nSPS) is 19.0. The first kappa shape index (κ1) is 20.1. The Hall–Kier alpha value is -2.62. The number of nitrogens with one attached hydrogen (secondary N) is 3. The van der Waals surface area contributed by atoms with Crippen molar-refractivity contribution in [1.29, 1.82) is 0 Å². The molecule has 10 heteroatoms. The molecule has 0 saturated heterocycles. The van der Waals surface area contributed by atoms with Gasteiger partial charge in [-0.1, -0.05) is 25.3 Å². The minimum absolute atomic E-state index is 0.0466. The maximum atomic E-state index is 11.9. The third-order valence-electron chi connectivity index (χ3n) is 4.88. The van der Waals surface area contributed by atoms with E-state index in [0.717, 1.165) is 41.8 Å². The number of aliphatic hydroxyl groups excluding tert-OH is 1. The van der Waals surface area contributed by atoms with Gasteiger partial charge < -0.3 is 20.8 Å². The Bertz CT molecular complexity index is 850. The van der Waals surface area contributed by atoms with Gasteiger partial charge in [-0.15, -0.1) is 0 Å². The van der Waals surface area contributed by atoms with Gasteiger partial charge in [-0.3, -0.25) is 0 Å². The predicted octanol–water partition coefficient (Wildman–Crippen LogP) is 1.97. The molecule has 28 heavy (non-hydrogen) atoms. The summed E-state index contributed by atoms with van der Waals surface area (Å²) >= 11 is 0. The van der Waals surface area contributed by atoms with Crippen LogP contribution < -0.4 is 19.7 Å². The van der Waals surface area contributed by atoms with E-state index in [-0.39, 0.29) is 23.5 Å². The molecule has 0 aromatic heterocycles. The van der Waals surface area contributed by atoms with Gasteiger partial charge in [-0.25, -0.2) is 13.8 Å². The van der Waals surface area contributed by atoms with Crippen LogP contribution in [0.15, 0.2) is 30.3 Å². The summed E-state index contributed by atoms with van der Waals surface area (Å²) in [5.41, 5.74) is 0.860. The third kappa shape index (κ3) is 5.00. The molecule has 154 valence electrons. The summed E-state index contributed by atoms with van der Waals surface area (Å²) in [4.78, 5) is 11.9. The first-order chi connectivity index (χ1) is 13.3. The van der Waals surface area contributed by atoms with Gasteiger partial charge in [-0.05, 0) is 43.4 Å². The van der Waals surface area contributed by atoms with Gasteiger partial charge in [0.2, 0.25) is 5.88 Å². The molecule has 0 bridgehead atoms. The minimum atomic E-state index is -3.94. The molecule has 1 aliphatic heterocycles. The lowest BCUT2D eigenvalue weighted by atomic mass is 9.96. The molecule has 2 amide bonds. The van der Waals surface area contributed by atoms with Gasteiger partial charge in [0.15, 0.2) is 0 Å². The highest BCUT2D eigenvalue weighted by molar-refractivity contribution is 7.91. The zero-order valence-corrected chi connectivity index (χ0v) is 16.3. The van der Waals surface area contributed by atoms with Crippen molar-refractivity contribution in [3.63, 3.8) is 0 Å². The van der Waals surface area contributed by atoms with Crippen LogP contribution in [0.1, 0.15) is 44.1 Å². The van der Waals surface area contributed by atoms with Crippen LogP contribution in [0.4, 0.5) is 10.5 Å². The SMILES string of the molecule is O=C(NCCCc1ccc(N2C=C(O)NS2(=O)=O)c(O)c1)NC1CCCCC1. The summed E-state index contributed by atoms with van der Waals surface area (Å²) in [6.45, 7) is 0.502. The molecule has 5 N–H and O–H groups in total. The number of aromatic hydroxyl groups is 1. The third-order valence-corrected chi connectivity index (χ3v) is 6.16. The van der Waals surface area contributed by atoms with Crippen molar-refractivity contribution in [3.05, 3.63) is 35.8 Å². The summed E-state index contributed by atoms with van der Waals surface area (Å²) < 4.78 is 26.4. The van der Waals surface area contributed by atoms with Gasteiger partial charge in [0, 0.05) is 12.6 Å². The quantitative estimate of drug-likeness (QED) is 0.458. The maximum absolute atomic E-state index is 11.9. The van der Waals surface area contributed by atoms with Crippen LogP contribution in [0, 0.1) is 0 Å². The van der Waals surface area contributed by atoms with Crippen molar-refractivity contribution in [2.45, 2.75) is 51.0 Å². The molecule has 9 nitrogen and oxygen atoms in total. The van der Waals surface area contributed by atoms with Crippen LogP contribution in [-0.2, 0) is 16.6 Å². The predicted molar refractivity (Wildman–Crippen MR) is 105 cm³/mol. The van der Waals surface area contributed by atoms with Crippen LogP contribution in [-0.4, -0.2) is 37.2 Å². The van der Waals surface area contributed by atoms with E-state index in [9.17, 15) is 23.4 Å². The number of anilines is 1. The second-order valence-corrected chi connectivity index (χ2v) is 8.63. The van der Waals surface area contributed by atoms with Gasteiger partial charge in [-0.2, -0.15) is 8.42 Å². The number of nitrogens with zero attached hydrogens (tertiary/aromatic N) is 1. The van der Waals surface area contributed by atoms with Crippen LogP contribution >= 0.6 is 0 Å². The van der Waals surface area contributed by atoms with E-state index < -0.39 is 16.1 Å². The van der Waals surface area contributed by atoms with Crippen LogP contribution in [0.25, 0.3) is 0 Å². The average Bonchev–Trinajstić information content (AvgIpc) is 2.92. The van der Waals surface area contributed by atoms with Crippen molar-refractivity contribution < 1.29 is 23.4 Å². The first-order valence-electron chi connectivity index (χ1n) is 9.44. The summed E-state index contributed by atoms with van der Waals surface area (Å²) in [5, 5.41) is 25.3. The van der Waals surface area contributed by atoms with Crippen molar-refractivity contribution in [1.82, 2.24) is 15.4 Å². The highest BCUT2D eigenvalue weighted by atomic mass is 32.2. The molecule has 1 fully saturated rings. The van der Waals surface area contributed by atoms with Crippen molar-refractivity contribution in [2.75, 3.05) is 10.8 Å². The number of benzene rings is 1. The maximum Gasteiger partial charge on any atom is 0.330 e. The Balaban J connectivity index is 1.46. The molecule has 1 heterocycles. The first-order valence-corrected chi connectivity index (χ1v) is 10.9.